The zero-order chi connectivity index (χ0) is 17.9. The average Bonchev–Trinajstić information content (AvgIpc) is 3.13. The molecule has 26 heavy (non-hydrogen) atoms. The summed E-state index contributed by atoms with van der Waals surface area (Å²) < 4.78 is 1.69. The maximum atomic E-state index is 12.6. The first-order valence-corrected chi connectivity index (χ1v) is 8.49. The maximum Gasteiger partial charge on any atom is 0.258 e. The fraction of sp³-hybridized carbons (Fsp3) is 0.0500. The van der Waals surface area contributed by atoms with Crippen molar-refractivity contribution in [2.24, 2.45) is 0 Å². The molecular weight excluding hydrogens is 348 g/mol. The van der Waals surface area contributed by atoms with E-state index in [9.17, 15) is 4.79 Å². The summed E-state index contributed by atoms with van der Waals surface area (Å²) in [4.78, 5) is 16.9. The molecule has 2 aromatic heterocycles. The minimum absolute atomic E-state index is 0.228. The van der Waals surface area contributed by atoms with Crippen molar-refractivity contribution in [3.8, 4) is 0 Å². The van der Waals surface area contributed by atoms with E-state index in [1.54, 1.807) is 23.3 Å². The number of benzene rings is 2. The van der Waals surface area contributed by atoms with Gasteiger partial charge in [-0.15, -0.1) is 0 Å². The number of para-hydroxylation sites is 1. The number of nitrogens with one attached hydrogen (secondary N) is 1. The molecule has 5 nitrogen and oxygen atoms in total. The van der Waals surface area contributed by atoms with E-state index in [0.717, 1.165) is 16.5 Å². The van der Waals surface area contributed by atoms with Gasteiger partial charge >= 0.3 is 0 Å². The highest BCUT2D eigenvalue weighted by molar-refractivity contribution is 6.31. The lowest BCUT2D eigenvalue weighted by atomic mass is 10.2. The Morgan fingerprint density at radius 2 is 1.92 bits per heavy atom. The van der Waals surface area contributed by atoms with Gasteiger partial charge in [0.1, 0.15) is 0 Å². The van der Waals surface area contributed by atoms with Crippen LogP contribution in [0.1, 0.15) is 15.9 Å². The maximum absolute atomic E-state index is 12.6. The second-order valence-corrected chi connectivity index (χ2v) is 6.26. The number of carbonyl (C=O) groups is 1. The van der Waals surface area contributed by atoms with Gasteiger partial charge in [-0.2, -0.15) is 5.10 Å². The van der Waals surface area contributed by atoms with E-state index < -0.39 is 0 Å². The molecule has 0 spiro atoms. The van der Waals surface area contributed by atoms with Crippen molar-refractivity contribution in [2.75, 3.05) is 5.32 Å². The Morgan fingerprint density at radius 3 is 2.81 bits per heavy atom. The monoisotopic (exact) mass is 362 g/mol. The van der Waals surface area contributed by atoms with Gasteiger partial charge in [-0.25, -0.2) is 0 Å². The summed E-state index contributed by atoms with van der Waals surface area (Å²) in [7, 11) is 0. The van der Waals surface area contributed by atoms with E-state index in [1.165, 1.54) is 0 Å². The summed E-state index contributed by atoms with van der Waals surface area (Å²) in [5.74, 6) is -0.228. The Balaban J connectivity index is 1.54. The number of pyridine rings is 1. The summed E-state index contributed by atoms with van der Waals surface area (Å²) in [5, 5.41) is 8.82. The molecule has 0 aliphatic rings. The van der Waals surface area contributed by atoms with Gasteiger partial charge in [0, 0.05) is 22.8 Å². The van der Waals surface area contributed by atoms with E-state index >= 15 is 0 Å². The van der Waals surface area contributed by atoms with Crippen molar-refractivity contribution >= 4 is 34.1 Å². The molecule has 1 N–H and O–H groups in total. The molecular formula is C20H15ClN4O. The first kappa shape index (κ1) is 16.3. The zero-order valence-electron chi connectivity index (χ0n) is 13.8. The highest BCUT2D eigenvalue weighted by Gasteiger charge is 2.12. The summed E-state index contributed by atoms with van der Waals surface area (Å²) >= 11 is 6.18. The van der Waals surface area contributed by atoms with Crippen LogP contribution in [0.4, 0.5) is 5.69 Å². The number of fused-ring (bicyclic) bond motifs is 1. The van der Waals surface area contributed by atoms with E-state index in [0.29, 0.717) is 22.8 Å². The standard InChI is InChI=1S/C20H15ClN4O/c21-17-8-2-1-5-15(17)12-25-13-16(11-23-25)20(26)24-18-9-3-6-14-7-4-10-22-19(14)18/h1-11,13H,12H2,(H,24,26). The SMILES string of the molecule is O=C(Nc1cccc2cccnc12)c1cnn(Cc2ccccc2Cl)c1. The lowest BCUT2D eigenvalue weighted by Crippen LogP contribution is -2.11. The van der Waals surface area contributed by atoms with Gasteiger partial charge in [-0.1, -0.05) is 48.0 Å². The molecule has 0 aliphatic carbocycles. The predicted octanol–water partition coefficient (Wildman–Crippen LogP) is 4.39. The van der Waals surface area contributed by atoms with E-state index in [-0.39, 0.29) is 5.91 Å². The lowest BCUT2D eigenvalue weighted by molar-refractivity contribution is 0.102. The van der Waals surface area contributed by atoms with Crippen LogP contribution in [-0.2, 0) is 6.54 Å². The van der Waals surface area contributed by atoms with Crippen LogP contribution in [0.25, 0.3) is 10.9 Å². The molecule has 0 radical (unpaired) electrons. The van der Waals surface area contributed by atoms with Crippen molar-refractivity contribution in [2.45, 2.75) is 6.54 Å². The Kier molecular flexibility index (Phi) is 4.37. The summed E-state index contributed by atoms with van der Waals surface area (Å²) in [6.07, 6.45) is 4.96. The third kappa shape index (κ3) is 3.30. The van der Waals surface area contributed by atoms with Crippen LogP contribution in [0.3, 0.4) is 0 Å². The molecule has 6 heteroatoms. The number of aromatic nitrogens is 3. The molecule has 0 atom stereocenters. The van der Waals surface area contributed by atoms with E-state index in [2.05, 4.69) is 15.4 Å². The first-order valence-electron chi connectivity index (χ1n) is 8.12. The van der Waals surface area contributed by atoms with Crippen molar-refractivity contribution in [3.63, 3.8) is 0 Å². The third-order valence-corrected chi connectivity index (χ3v) is 4.44. The van der Waals surface area contributed by atoms with Crippen LogP contribution in [0.15, 0.2) is 73.2 Å². The molecule has 128 valence electrons. The Morgan fingerprint density at radius 1 is 1.08 bits per heavy atom. The van der Waals surface area contributed by atoms with Crippen molar-refractivity contribution in [3.05, 3.63) is 89.3 Å². The normalized spacial score (nSPS) is 10.8. The number of hydrogen-bond acceptors (Lipinski definition) is 3. The van der Waals surface area contributed by atoms with Crippen LogP contribution in [0.2, 0.25) is 5.02 Å². The smallest absolute Gasteiger partial charge is 0.258 e. The molecule has 4 rings (SSSR count). The first-order chi connectivity index (χ1) is 12.7. The molecule has 0 saturated carbocycles. The Labute approximate surface area is 155 Å². The summed E-state index contributed by atoms with van der Waals surface area (Å²) in [6, 6.07) is 17.1. The second-order valence-electron chi connectivity index (χ2n) is 5.85. The highest BCUT2D eigenvalue weighted by atomic mass is 35.5. The number of hydrogen-bond donors (Lipinski definition) is 1. The molecule has 0 unspecified atom stereocenters. The van der Waals surface area contributed by atoms with Gasteiger partial charge in [-0.05, 0) is 23.8 Å². The average molecular weight is 363 g/mol. The molecule has 2 heterocycles. The van der Waals surface area contributed by atoms with E-state index in [1.807, 2.05) is 54.6 Å². The quantitative estimate of drug-likeness (QED) is 0.586. The number of nitrogens with zero attached hydrogens (tertiary/aromatic N) is 3. The largest absolute Gasteiger partial charge is 0.320 e. The van der Waals surface area contributed by atoms with Gasteiger partial charge in [0.25, 0.3) is 5.91 Å². The molecule has 0 bridgehead atoms. The topological polar surface area (TPSA) is 59.8 Å². The number of amides is 1. The molecule has 2 aromatic carbocycles. The van der Waals surface area contributed by atoms with Crippen LogP contribution in [-0.4, -0.2) is 20.7 Å². The van der Waals surface area contributed by atoms with E-state index in [4.69, 9.17) is 11.6 Å². The number of rotatable bonds is 4. The van der Waals surface area contributed by atoms with Crippen molar-refractivity contribution in [1.29, 1.82) is 0 Å². The van der Waals surface area contributed by atoms with Gasteiger partial charge in [0.2, 0.25) is 0 Å². The highest BCUT2D eigenvalue weighted by Crippen LogP contribution is 2.21. The fourth-order valence-corrected chi connectivity index (χ4v) is 2.96. The molecule has 4 aromatic rings. The third-order valence-electron chi connectivity index (χ3n) is 4.07. The molecule has 0 saturated heterocycles. The van der Waals surface area contributed by atoms with Gasteiger partial charge < -0.3 is 5.32 Å². The molecule has 1 amide bonds. The van der Waals surface area contributed by atoms with Crippen LogP contribution in [0, 0.1) is 0 Å². The Hall–Kier alpha value is -3.18. The minimum Gasteiger partial charge on any atom is -0.320 e. The van der Waals surface area contributed by atoms with Crippen LogP contribution >= 0.6 is 11.6 Å². The zero-order valence-corrected chi connectivity index (χ0v) is 14.5. The fourth-order valence-electron chi connectivity index (χ4n) is 2.77. The van der Waals surface area contributed by atoms with Gasteiger partial charge in [0.15, 0.2) is 0 Å². The van der Waals surface area contributed by atoms with Crippen molar-refractivity contribution in [1.82, 2.24) is 14.8 Å². The van der Waals surface area contributed by atoms with Crippen LogP contribution < -0.4 is 5.32 Å². The van der Waals surface area contributed by atoms with Gasteiger partial charge in [-0.3, -0.25) is 14.5 Å². The second kappa shape index (κ2) is 6.98. The van der Waals surface area contributed by atoms with Gasteiger partial charge in [0.05, 0.1) is 29.5 Å². The molecule has 0 fully saturated rings. The summed E-state index contributed by atoms with van der Waals surface area (Å²) in [5.41, 5.74) is 2.85. The number of carbonyl (C=O) groups excluding carboxylic acids is 1. The lowest BCUT2D eigenvalue weighted by Gasteiger charge is -2.07. The predicted molar refractivity (Wildman–Crippen MR) is 102 cm³/mol. The number of anilines is 1. The number of halogens is 1. The Bertz CT molecular complexity index is 1080. The molecule has 0 aliphatic heterocycles. The van der Waals surface area contributed by atoms with Crippen LogP contribution in [0.5, 0.6) is 0 Å². The summed E-state index contributed by atoms with van der Waals surface area (Å²) in [6.45, 7) is 0.503. The van der Waals surface area contributed by atoms with Crippen molar-refractivity contribution < 1.29 is 4.79 Å². The minimum atomic E-state index is -0.228.